The van der Waals surface area contributed by atoms with E-state index in [2.05, 4.69) is 0 Å². The van der Waals surface area contributed by atoms with Crippen LogP contribution in [0.5, 0.6) is 5.75 Å². The second-order valence-corrected chi connectivity index (χ2v) is 6.20. The molecule has 24 heavy (non-hydrogen) atoms. The number of methoxy groups -OCH3 is 1. The molecule has 2 aromatic rings. The van der Waals surface area contributed by atoms with Crippen molar-refractivity contribution in [3.63, 3.8) is 0 Å². The van der Waals surface area contributed by atoms with E-state index in [-0.39, 0.29) is 5.78 Å². The van der Waals surface area contributed by atoms with Crippen molar-refractivity contribution in [3.8, 4) is 5.75 Å². The maximum absolute atomic E-state index is 12.4. The fourth-order valence-corrected chi connectivity index (χ4v) is 1.88. The van der Waals surface area contributed by atoms with Crippen LogP contribution in [0.1, 0.15) is 47.1 Å². The predicted molar refractivity (Wildman–Crippen MR) is 89.1 cm³/mol. The lowest BCUT2D eigenvalue weighted by molar-refractivity contribution is -0.301. The van der Waals surface area contributed by atoms with Crippen molar-refractivity contribution >= 4 is 11.8 Å². The zero-order chi connectivity index (χ0) is 17.7. The number of rotatable bonds is 5. The van der Waals surface area contributed by atoms with Crippen LogP contribution in [-0.2, 0) is 9.78 Å². The second kappa shape index (κ2) is 7.27. The minimum Gasteiger partial charge on any atom is -0.497 e. The van der Waals surface area contributed by atoms with Crippen LogP contribution in [0.15, 0.2) is 48.5 Å². The van der Waals surface area contributed by atoms with E-state index in [0.29, 0.717) is 22.4 Å². The molecule has 0 bridgehead atoms. The van der Waals surface area contributed by atoms with Crippen molar-refractivity contribution in [2.75, 3.05) is 7.11 Å². The van der Waals surface area contributed by atoms with Crippen LogP contribution in [0.3, 0.4) is 0 Å². The molecule has 0 saturated carbocycles. The Balaban J connectivity index is 2.07. The fourth-order valence-electron chi connectivity index (χ4n) is 1.88. The first-order chi connectivity index (χ1) is 11.3. The molecule has 0 aliphatic heterocycles. The molecule has 2 aromatic carbocycles. The highest BCUT2D eigenvalue weighted by Gasteiger charge is 2.17. The molecule has 0 aliphatic rings. The van der Waals surface area contributed by atoms with Gasteiger partial charge >= 0.3 is 5.97 Å². The highest BCUT2D eigenvalue weighted by Crippen LogP contribution is 2.16. The minimum atomic E-state index is -0.603. The Kier molecular flexibility index (Phi) is 5.36. The van der Waals surface area contributed by atoms with Crippen LogP contribution in [0.2, 0.25) is 0 Å². The van der Waals surface area contributed by atoms with Gasteiger partial charge in [-0.3, -0.25) is 9.68 Å². The Hall–Kier alpha value is -2.66. The molecule has 0 aliphatic carbocycles. The summed E-state index contributed by atoms with van der Waals surface area (Å²) in [5.74, 6) is -0.0552. The zero-order valence-corrected chi connectivity index (χ0v) is 14.2. The monoisotopic (exact) mass is 328 g/mol. The van der Waals surface area contributed by atoms with E-state index in [0.717, 1.165) is 0 Å². The fraction of sp³-hybridized carbons (Fsp3) is 0.263. The maximum atomic E-state index is 12.4. The molecule has 0 spiro atoms. The van der Waals surface area contributed by atoms with Crippen molar-refractivity contribution in [1.29, 1.82) is 0 Å². The van der Waals surface area contributed by atoms with Gasteiger partial charge in [0.25, 0.3) is 0 Å². The molecule has 0 radical (unpaired) electrons. The average molecular weight is 328 g/mol. The van der Waals surface area contributed by atoms with Gasteiger partial charge in [-0.25, -0.2) is 4.79 Å². The number of hydrogen-bond donors (Lipinski definition) is 0. The van der Waals surface area contributed by atoms with Crippen LogP contribution < -0.4 is 4.74 Å². The minimum absolute atomic E-state index is 0.136. The SMILES string of the molecule is COc1ccc(C(=O)c2ccc(C(=O)OOC(C)(C)C)cc2)cc1. The van der Waals surface area contributed by atoms with E-state index in [9.17, 15) is 9.59 Å². The molecular formula is C19H20O5. The van der Waals surface area contributed by atoms with E-state index in [4.69, 9.17) is 14.5 Å². The van der Waals surface area contributed by atoms with Crippen LogP contribution in [-0.4, -0.2) is 24.5 Å². The molecule has 0 saturated heterocycles. The van der Waals surface area contributed by atoms with Gasteiger partial charge in [0.15, 0.2) is 5.78 Å². The molecule has 0 aromatic heterocycles. The summed E-state index contributed by atoms with van der Waals surface area (Å²) in [6, 6.07) is 13.1. The molecule has 126 valence electrons. The van der Waals surface area contributed by atoms with Crippen molar-refractivity contribution in [2.24, 2.45) is 0 Å². The molecule has 5 nitrogen and oxygen atoms in total. The van der Waals surface area contributed by atoms with Crippen LogP contribution in [0, 0.1) is 0 Å². The normalized spacial score (nSPS) is 11.0. The van der Waals surface area contributed by atoms with E-state index in [1.807, 2.05) is 0 Å². The Labute approximate surface area is 141 Å². The summed E-state index contributed by atoms with van der Waals surface area (Å²) < 4.78 is 5.07. The van der Waals surface area contributed by atoms with Gasteiger partial charge in [-0.1, -0.05) is 12.1 Å². The van der Waals surface area contributed by atoms with Gasteiger partial charge in [0.1, 0.15) is 11.4 Å². The Bertz CT molecular complexity index is 709. The lowest BCUT2D eigenvalue weighted by atomic mass is 10.0. The first-order valence-electron chi connectivity index (χ1n) is 7.49. The zero-order valence-electron chi connectivity index (χ0n) is 14.2. The summed E-state index contributed by atoms with van der Waals surface area (Å²) in [5.41, 5.74) is 0.751. The third-order valence-electron chi connectivity index (χ3n) is 3.10. The van der Waals surface area contributed by atoms with Gasteiger partial charge in [-0.05, 0) is 57.2 Å². The van der Waals surface area contributed by atoms with Gasteiger partial charge in [0.2, 0.25) is 0 Å². The quantitative estimate of drug-likeness (QED) is 0.474. The molecule has 0 unspecified atom stereocenters. The summed E-state index contributed by atoms with van der Waals surface area (Å²) >= 11 is 0. The van der Waals surface area contributed by atoms with Gasteiger partial charge in [-0.2, -0.15) is 4.89 Å². The largest absolute Gasteiger partial charge is 0.497 e. The summed E-state index contributed by atoms with van der Waals surface area (Å²) in [7, 11) is 1.57. The number of benzene rings is 2. The van der Waals surface area contributed by atoms with Gasteiger partial charge in [0, 0.05) is 11.1 Å². The molecule has 0 fully saturated rings. The molecule has 0 atom stereocenters. The topological polar surface area (TPSA) is 61.8 Å². The van der Waals surface area contributed by atoms with Crippen LogP contribution in [0.4, 0.5) is 0 Å². The van der Waals surface area contributed by atoms with Crippen LogP contribution >= 0.6 is 0 Å². The predicted octanol–water partition coefficient (Wildman–Crippen LogP) is 3.81. The van der Waals surface area contributed by atoms with Gasteiger partial charge < -0.3 is 4.74 Å². The molecular weight excluding hydrogens is 308 g/mol. The summed E-state index contributed by atoms with van der Waals surface area (Å²) in [4.78, 5) is 34.0. The van der Waals surface area contributed by atoms with Crippen LogP contribution in [0.25, 0.3) is 0 Å². The average Bonchev–Trinajstić information content (AvgIpc) is 2.58. The van der Waals surface area contributed by atoms with Gasteiger partial charge in [0.05, 0.1) is 12.7 Å². The van der Waals surface area contributed by atoms with Crippen molar-refractivity contribution in [1.82, 2.24) is 0 Å². The Morgan fingerprint density at radius 3 is 1.71 bits per heavy atom. The summed E-state index contributed by atoms with van der Waals surface area (Å²) in [6.45, 7) is 5.32. The van der Waals surface area contributed by atoms with E-state index in [1.54, 1.807) is 64.3 Å². The lowest BCUT2D eigenvalue weighted by Crippen LogP contribution is -2.21. The van der Waals surface area contributed by atoms with Gasteiger partial charge in [-0.15, -0.1) is 0 Å². The molecule has 5 heteroatoms. The summed E-state index contributed by atoms with van der Waals surface area (Å²) in [6.07, 6.45) is 0. The number of carbonyl (C=O) groups excluding carboxylic acids is 2. The number of ketones is 1. The Morgan fingerprint density at radius 1 is 0.792 bits per heavy atom. The number of ether oxygens (including phenoxy) is 1. The highest BCUT2D eigenvalue weighted by molar-refractivity contribution is 6.09. The molecule has 0 heterocycles. The molecule has 2 rings (SSSR count). The lowest BCUT2D eigenvalue weighted by Gasteiger charge is -2.16. The third kappa shape index (κ3) is 4.67. The third-order valence-corrected chi connectivity index (χ3v) is 3.10. The van der Waals surface area contributed by atoms with E-state index in [1.165, 1.54) is 12.1 Å². The first kappa shape index (κ1) is 17.7. The van der Waals surface area contributed by atoms with Crippen molar-refractivity contribution in [3.05, 3.63) is 65.2 Å². The molecule has 0 N–H and O–H groups in total. The number of carbonyl (C=O) groups is 2. The summed E-state index contributed by atoms with van der Waals surface area (Å²) in [5, 5.41) is 0. The van der Waals surface area contributed by atoms with Crippen molar-refractivity contribution < 1.29 is 24.1 Å². The highest BCUT2D eigenvalue weighted by atomic mass is 17.2. The standard InChI is InChI=1S/C19H20O5/c1-19(2,3)24-23-18(21)15-7-5-13(6-8-15)17(20)14-9-11-16(22-4)12-10-14/h5-12H,1-4H3. The first-order valence-corrected chi connectivity index (χ1v) is 7.49. The second-order valence-electron chi connectivity index (χ2n) is 6.20. The smallest absolute Gasteiger partial charge is 0.373 e. The van der Waals surface area contributed by atoms with E-state index >= 15 is 0 Å². The van der Waals surface area contributed by atoms with Crippen molar-refractivity contribution in [2.45, 2.75) is 26.4 Å². The maximum Gasteiger partial charge on any atom is 0.373 e. The Morgan fingerprint density at radius 2 is 1.25 bits per heavy atom. The number of hydrogen-bond acceptors (Lipinski definition) is 5. The molecule has 0 amide bonds. The van der Waals surface area contributed by atoms with E-state index < -0.39 is 11.6 Å².